The van der Waals surface area contributed by atoms with Crippen LogP contribution in [0.1, 0.15) is 96.2 Å². The molecule has 0 N–H and O–H groups in total. The zero-order valence-corrected chi connectivity index (χ0v) is 18.9. The van der Waals surface area contributed by atoms with Gasteiger partial charge in [-0.3, -0.25) is 4.79 Å². The van der Waals surface area contributed by atoms with Crippen LogP contribution in [0.2, 0.25) is 0 Å². The predicted octanol–water partition coefficient (Wildman–Crippen LogP) is 5.69. The zero-order valence-electron chi connectivity index (χ0n) is 18.9. The summed E-state index contributed by atoms with van der Waals surface area (Å²) in [6, 6.07) is 4.54. The SMILES string of the molecule is CCN(C(=O)CCn1c2cccnc2nc1[C@H]1CC[C@H](CC)CC1)C1CCCCC1. The third-order valence-corrected chi connectivity index (χ3v) is 7.57. The van der Waals surface area contributed by atoms with Crippen molar-refractivity contribution in [3.63, 3.8) is 0 Å². The highest BCUT2D eigenvalue weighted by molar-refractivity contribution is 5.77. The Morgan fingerprint density at radius 3 is 2.57 bits per heavy atom. The minimum absolute atomic E-state index is 0.302. The molecule has 0 aromatic carbocycles. The summed E-state index contributed by atoms with van der Waals surface area (Å²) in [5, 5.41) is 0. The average molecular weight is 411 g/mol. The van der Waals surface area contributed by atoms with Crippen molar-refractivity contribution >= 4 is 17.1 Å². The molecule has 164 valence electrons. The Morgan fingerprint density at radius 2 is 1.87 bits per heavy atom. The van der Waals surface area contributed by atoms with Crippen LogP contribution >= 0.6 is 0 Å². The molecule has 1 amide bonds. The van der Waals surface area contributed by atoms with Crippen molar-refractivity contribution in [3.8, 4) is 0 Å². The first-order valence-corrected chi connectivity index (χ1v) is 12.3. The van der Waals surface area contributed by atoms with Crippen LogP contribution in [0.4, 0.5) is 0 Å². The number of imidazole rings is 1. The second-order valence-electron chi connectivity index (χ2n) is 9.32. The summed E-state index contributed by atoms with van der Waals surface area (Å²) < 4.78 is 2.31. The summed E-state index contributed by atoms with van der Waals surface area (Å²) in [5.41, 5.74) is 1.91. The lowest BCUT2D eigenvalue weighted by Crippen LogP contribution is -2.41. The fraction of sp³-hybridized carbons (Fsp3) is 0.720. The Morgan fingerprint density at radius 1 is 1.10 bits per heavy atom. The van der Waals surface area contributed by atoms with E-state index in [0.29, 0.717) is 30.8 Å². The molecule has 2 aliphatic carbocycles. The molecular weight excluding hydrogens is 372 g/mol. The number of aryl methyl sites for hydroxylation is 1. The number of nitrogens with zero attached hydrogens (tertiary/aromatic N) is 4. The molecule has 0 saturated heterocycles. The van der Waals surface area contributed by atoms with Crippen LogP contribution < -0.4 is 0 Å². The highest BCUT2D eigenvalue weighted by atomic mass is 16.2. The number of aromatic nitrogens is 3. The first-order valence-electron chi connectivity index (χ1n) is 12.3. The predicted molar refractivity (Wildman–Crippen MR) is 121 cm³/mol. The van der Waals surface area contributed by atoms with E-state index >= 15 is 0 Å². The maximum Gasteiger partial charge on any atom is 0.224 e. The van der Waals surface area contributed by atoms with Gasteiger partial charge in [-0.05, 0) is 63.5 Å². The molecule has 0 unspecified atom stereocenters. The molecule has 0 aliphatic heterocycles. The van der Waals surface area contributed by atoms with Crippen LogP contribution in [0.3, 0.4) is 0 Å². The van der Waals surface area contributed by atoms with Crippen LogP contribution in [0.15, 0.2) is 18.3 Å². The maximum absolute atomic E-state index is 13.2. The molecule has 2 aliphatic rings. The molecule has 2 heterocycles. The monoisotopic (exact) mass is 410 g/mol. The van der Waals surface area contributed by atoms with Crippen LogP contribution in [-0.4, -0.2) is 37.9 Å². The Hall–Kier alpha value is -1.91. The molecule has 2 aromatic rings. The van der Waals surface area contributed by atoms with Crippen molar-refractivity contribution in [2.45, 2.75) is 103 Å². The van der Waals surface area contributed by atoms with E-state index in [-0.39, 0.29) is 0 Å². The van der Waals surface area contributed by atoms with Gasteiger partial charge in [0.25, 0.3) is 0 Å². The number of rotatable bonds is 7. The van der Waals surface area contributed by atoms with Gasteiger partial charge in [0.2, 0.25) is 5.91 Å². The molecule has 2 aromatic heterocycles. The van der Waals surface area contributed by atoms with Gasteiger partial charge in [0, 0.05) is 37.7 Å². The zero-order chi connectivity index (χ0) is 20.9. The summed E-state index contributed by atoms with van der Waals surface area (Å²) in [6.07, 6.45) is 14.8. The highest BCUT2D eigenvalue weighted by Crippen LogP contribution is 2.37. The Kier molecular flexibility index (Phi) is 7.06. The summed E-state index contributed by atoms with van der Waals surface area (Å²) in [7, 11) is 0. The Labute approximate surface area is 181 Å². The van der Waals surface area contributed by atoms with E-state index < -0.39 is 0 Å². The average Bonchev–Trinajstić information content (AvgIpc) is 3.17. The van der Waals surface area contributed by atoms with Crippen LogP contribution in [0, 0.1) is 5.92 Å². The minimum Gasteiger partial charge on any atom is -0.340 e. The van der Waals surface area contributed by atoms with Gasteiger partial charge in [0.05, 0.1) is 5.52 Å². The lowest BCUT2D eigenvalue weighted by Gasteiger charge is -2.34. The molecule has 0 atom stereocenters. The number of hydrogen-bond acceptors (Lipinski definition) is 3. The molecule has 2 saturated carbocycles. The van der Waals surface area contributed by atoms with Crippen LogP contribution in [-0.2, 0) is 11.3 Å². The Bertz CT molecular complexity index is 831. The van der Waals surface area contributed by atoms with E-state index in [1.165, 1.54) is 64.2 Å². The number of pyridine rings is 1. The summed E-state index contributed by atoms with van der Waals surface area (Å²) >= 11 is 0. The van der Waals surface area contributed by atoms with Gasteiger partial charge in [-0.25, -0.2) is 9.97 Å². The molecule has 0 spiro atoms. The van der Waals surface area contributed by atoms with Gasteiger partial charge in [-0.15, -0.1) is 0 Å². The number of hydrogen-bond donors (Lipinski definition) is 0. The van der Waals surface area contributed by atoms with Crippen molar-refractivity contribution in [3.05, 3.63) is 24.2 Å². The van der Waals surface area contributed by atoms with E-state index in [4.69, 9.17) is 4.98 Å². The number of fused-ring (bicyclic) bond motifs is 1. The summed E-state index contributed by atoms with van der Waals surface area (Å²) in [4.78, 5) is 24.8. The maximum atomic E-state index is 13.2. The molecule has 5 heteroatoms. The molecule has 0 bridgehead atoms. The molecular formula is C25H38N4O. The van der Waals surface area contributed by atoms with Crippen molar-refractivity contribution in [2.75, 3.05) is 6.54 Å². The number of amides is 1. The normalized spacial score (nSPS) is 23.0. The number of carbonyl (C=O) groups is 1. The quantitative estimate of drug-likeness (QED) is 0.589. The first-order chi connectivity index (χ1) is 14.7. The van der Waals surface area contributed by atoms with E-state index in [1.54, 1.807) is 0 Å². The molecule has 4 rings (SSSR count). The summed E-state index contributed by atoms with van der Waals surface area (Å²) in [6.45, 7) is 5.97. The van der Waals surface area contributed by atoms with E-state index in [0.717, 1.165) is 29.5 Å². The lowest BCUT2D eigenvalue weighted by atomic mass is 9.80. The fourth-order valence-corrected chi connectivity index (χ4v) is 5.74. The van der Waals surface area contributed by atoms with Crippen molar-refractivity contribution in [1.29, 1.82) is 0 Å². The highest BCUT2D eigenvalue weighted by Gasteiger charge is 2.28. The van der Waals surface area contributed by atoms with Crippen molar-refractivity contribution in [2.24, 2.45) is 5.92 Å². The molecule has 2 fully saturated rings. The van der Waals surface area contributed by atoms with Gasteiger partial charge in [0.1, 0.15) is 5.82 Å². The first kappa shape index (κ1) is 21.3. The minimum atomic E-state index is 0.302. The van der Waals surface area contributed by atoms with Gasteiger partial charge in [-0.2, -0.15) is 0 Å². The third-order valence-electron chi connectivity index (χ3n) is 7.57. The van der Waals surface area contributed by atoms with Crippen molar-refractivity contribution < 1.29 is 4.79 Å². The topological polar surface area (TPSA) is 51.0 Å². The third kappa shape index (κ3) is 4.55. The fourth-order valence-electron chi connectivity index (χ4n) is 5.74. The van der Waals surface area contributed by atoms with Gasteiger partial charge < -0.3 is 9.47 Å². The standard InChI is InChI=1S/C25H38N4O/c1-3-19-12-14-20(15-13-19)25-27-24-22(11-8-17-26-24)29(25)18-16-23(30)28(4-2)21-9-6-5-7-10-21/h8,11,17,19-21H,3-7,9-10,12-16,18H2,1-2H3/t19-,20-. The molecule has 5 nitrogen and oxygen atoms in total. The Balaban J connectivity index is 1.50. The number of carbonyl (C=O) groups excluding carboxylic acids is 1. The van der Waals surface area contributed by atoms with E-state index in [9.17, 15) is 4.79 Å². The van der Waals surface area contributed by atoms with Crippen LogP contribution in [0.5, 0.6) is 0 Å². The van der Waals surface area contributed by atoms with Crippen LogP contribution in [0.25, 0.3) is 11.2 Å². The smallest absolute Gasteiger partial charge is 0.224 e. The second-order valence-corrected chi connectivity index (χ2v) is 9.32. The lowest BCUT2D eigenvalue weighted by molar-refractivity contribution is -0.134. The summed E-state index contributed by atoms with van der Waals surface area (Å²) in [5.74, 6) is 2.83. The van der Waals surface area contributed by atoms with Crippen molar-refractivity contribution in [1.82, 2.24) is 19.4 Å². The van der Waals surface area contributed by atoms with E-state index in [2.05, 4.69) is 34.4 Å². The molecule has 30 heavy (non-hydrogen) atoms. The second kappa shape index (κ2) is 9.93. The largest absolute Gasteiger partial charge is 0.340 e. The van der Waals surface area contributed by atoms with Gasteiger partial charge in [0.15, 0.2) is 5.65 Å². The molecule has 0 radical (unpaired) electrons. The van der Waals surface area contributed by atoms with E-state index in [1.807, 2.05) is 12.3 Å². The van der Waals surface area contributed by atoms with Gasteiger partial charge >= 0.3 is 0 Å². The van der Waals surface area contributed by atoms with Gasteiger partial charge in [-0.1, -0.05) is 32.6 Å².